The van der Waals surface area contributed by atoms with Gasteiger partial charge in [0, 0.05) is 31.2 Å². The Morgan fingerprint density at radius 1 is 1.21 bits per heavy atom. The van der Waals surface area contributed by atoms with Crippen molar-refractivity contribution < 1.29 is 19.5 Å². The van der Waals surface area contributed by atoms with Crippen molar-refractivity contribution in [1.29, 1.82) is 0 Å². The molecule has 0 spiro atoms. The van der Waals surface area contributed by atoms with Crippen LogP contribution in [0.5, 0.6) is 0 Å². The van der Waals surface area contributed by atoms with Gasteiger partial charge in [0.25, 0.3) is 0 Å². The molecule has 2 saturated heterocycles. The Morgan fingerprint density at radius 3 is 2.46 bits per heavy atom. The summed E-state index contributed by atoms with van der Waals surface area (Å²) in [6.07, 6.45) is 0.665. The van der Waals surface area contributed by atoms with Crippen LogP contribution in [-0.4, -0.2) is 46.9 Å². The topological polar surface area (TPSA) is 77.9 Å². The number of carboxylic acids is 1. The minimum absolute atomic E-state index is 0.0566. The Bertz CT molecular complexity index is 670. The monoisotopic (exact) mass is 330 g/mol. The highest BCUT2D eigenvalue weighted by Gasteiger charge is 2.43. The Balaban J connectivity index is 1.70. The van der Waals surface area contributed by atoms with Gasteiger partial charge in [-0.05, 0) is 32.4 Å². The highest BCUT2D eigenvalue weighted by molar-refractivity contribution is 6.00. The van der Waals surface area contributed by atoms with Crippen LogP contribution in [0.3, 0.4) is 0 Å². The second-order valence-electron chi connectivity index (χ2n) is 6.75. The molecule has 128 valence electrons. The van der Waals surface area contributed by atoms with Crippen molar-refractivity contribution in [3.63, 3.8) is 0 Å². The van der Waals surface area contributed by atoms with E-state index in [1.807, 2.05) is 31.2 Å². The molecular weight excluding hydrogens is 308 g/mol. The average Bonchev–Trinajstić information content (AvgIpc) is 3.11. The highest BCUT2D eigenvalue weighted by Crippen LogP contribution is 2.31. The van der Waals surface area contributed by atoms with Crippen LogP contribution in [0.2, 0.25) is 0 Å². The van der Waals surface area contributed by atoms with Crippen molar-refractivity contribution in [2.45, 2.75) is 32.7 Å². The van der Waals surface area contributed by atoms with E-state index in [0.29, 0.717) is 19.5 Å². The summed E-state index contributed by atoms with van der Waals surface area (Å²) < 4.78 is 0. The van der Waals surface area contributed by atoms with Crippen molar-refractivity contribution in [2.75, 3.05) is 18.0 Å². The van der Waals surface area contributed by atoms with Crippen LogP contribution < -0.4 is 4.90 Å². The van der Waals surface area contributed by atoms with Crippen molar-refractivity contribution in [3.8, 4) is 0 Å². The van der Waals surface area contributed by atoms with Crippen molar-refractivity contribution in [3.05, 3.63) is 29.8 Å². The summed E-state index contributed by atoms with van der Waals surface area (Å²) in [4.78, 5) is 39.6. The number of hydrogen-bond acceptors (Lipinski definition) is 3. The number of rotatable bonds is 3. The van der Waals surface area contributed by atoms with Gasteiger partial charge >= 0.3 is 5.97 Å². The molecule has 1 aromatic rings. The fourth-order valence-corrected chi connectivity index (χ4v) is 3.66. The predicted molar refractivity (Wildman–Crippen MR) is 88.6 cm³/mol. The van der Waals surface area contributed by atoms with Crippen molar-refractivity contribution in [2.24, 2.45) is 11.8 Å². The molecule has 6 nitrogen and oxygen atoms in total. The Morgan fingerprint density at radius 2 is 1.88 bits per heavy atom. The van der Waals surface area contributed by atoms with Gasteiger partial charge < -0.3 is 14.9 Å². The Kier molecular flexibility index (Phi) is 4.30. The molecule has 2 fully saturated rings. The fourth-order valence-electron chi connectivity index (χ4n) is 3.66. The molecule has 3 rings (SSSR count). The first-order chi connectivity index (χ1) is 11.4. The predicted octanol–water partition coefficient (Wildman–Crippen LogP) is 1.67. The second kappa shape index (κ2) is 6.26. The number of benzene rings is 1. The fraction of sp³-hybridized carbons (Fsp3) is 0.500. The maximum absolute atomic E-state index is 12.8. The molecule has 6 heteroatoms. The van der Waals surface area contributed by atoms with E-state index in [4.69, 9.17) is 0 Å². The van der Waals surface area contributed by atoms with E-state index < -0.39 is 17.8 Å². The summed E-state index contributed by atoms with van der Waals surface area (Å²) in [6.45, 7) is 4.57. The zero-order valence-electron chi connectivity index (χ0n) is 13.9. The molecule has 1 aromatic carbocycles. The normalized spacial score (nSPS) is 26.9. The van der Waals surface area contributed by atoms with Crippen LogP contribution in [0.25, 0.3) is 0 Å². The smallest absolute Gasteiger partial charge is 0.308 e. The number of hydrogen-bond donors (Lipinski definition) is 1. The van der Waals surface area contributed by atoms with Crippen LogP contribution >= 0.6 is 0 Å². The maximum Gasteiger partial charge on any atom is 0.308 e. The van der Waals surface area contributed by atoms with E-state index in [0.717, 1.165) is 11.3 Å². The molecule has 0 saturated carbocycles. The van der Waals surface area contributed by atoms with Gasteiger partial charge in [0.15, 0.2) is 0 Å². The van der Waals surface area contributed by atoms with Gasteiger partial charge in [-0.15, -0.1) is 0 Å². The highest BCUT2D eigenvalue weighted by atomic mass is 16.4. The lowest BCUT2D eigenvalue weighted by Gasteiger charge is -2.26. The van der Waals surface area contributed by atoms with E-state index in [-0.39, 0.29) is 24.3 Å². The van der Waals surface area contributed by atoms with E-state index in [9.17, 15) is 19.5 Å². The van der Waals surface area contributed by atoms with E-state index in [1.54, 1.807) is 16.7 Å². The summed E-state index contributed by atoms with van der Waals surface area (Å²) in [5.74, 6) is -1.93. The van der Waals surface area contributed by atoms with Crippen LogP contribution in [0.4, 0.5) is 5.69 Å². The van der Waals surface area contributed by atoms with Crippen LogP contribution in [0.1, 0.15) is 25.3 Å². The van der Waals surface area contributed by atoms with E-state index in [1.165, 1.54) is 0 Å². The first-order valence-corrected chi connectivity index (χ1v) is 8.29. The summed E-state index contributed by atoms with van der Waals surface area (Å²) in [7, 11) is 0. The van der Waals surface area contributed by atoms with E-state index in [2.05, 4.69) is 0 Å². The molecule has 2 aliphatic heterocycles. The number of carbonyl (C=O) groups excluding carboxylic acids is 2. The molecular formula is C18H22N2O4. The maximum atomic E-state index is 12.8. The van der Waals surface area contributed by atoms with Crippen molar-refractivity contribution >= 4 is 23.5 Å². The average molecular weight is 330 g/mol. The lowest BCUT2D eigenvalue weighted by atomic mass is 10.0. The van der Waals surface area contributed by atoms with Crippen LogP contribution in [0, 0.1) is 18.8 Å². The molecule has 3 atom stereocenters. The molecule has 2 heterocycles. The molecule has 0 bridgehead atoms. The molecule has 2 amide bonds. The summed E-state index contributed by atoms with van der Waals surface area (Å²) in [5, 5.41) is 9.20. The second-order valence-corrected chi connectivity index (χ2v) is 6.75. The van der Waals surface area contributed by atoms with Gasteiger partial charge in [-0.1, -0.05) is 17.7 Å². The number of amides is 2. The third-order valence-electron chi connectivity index (χ3n) is 5.18. The lowest BCUT2D eigenvalue weighted by molar-refractivity contribution is -0.143. The van der Waals surface area contributed by atoms with E-state index >= 15 is 0 Å². The number of carboxylic acid groups (broad SMARTS) is 1. The minimum atomic E-state index is -0.860. The van der Waals surface area contributed by atoms with Gasteiger partial charge in [0.1, 0.15) is 0 Å². The third-order valence-corrected chi connectivity index (χ3v) is 5.18. The summed E-state index contributed by atoms with van der Waals surface area (Å²) >= 11 is 0. The molecule has 24 heavy (non-hydrogen) atoms. The van der Waals surface area contributed by atoms with Gasteiger partial charge in [-0.25, -0.2) is 0 Å². The number of carbonyl (C=O) groups is 3. The van der Waals surface area contributed by atoms with Crippen LogP contribution in [0.15, 0.2) is 24.3 Å². The summed E-state index contributed by atoms with van der Waals surface area (Å²) in [5.41, 5.74) is 1.92. The van der Waals surface area contributed by atoms with Crippen LogP contribution in [-0.2, 0) is 14.4 Å². The lowest BCUT2D eigenvalue weighted by Crippen LogP contribution is -2.41. The molecule has 3 unspecified atom stereocenters. The molecule has 0 aromatic heterocycles. The molecule has 1 N–H and O–H groups in total. The number of nitrogens with zero attached hydrogens (tertiary/aromatic N) is 2. The van der Waals surface area contributed by atoms with Gasteiger partial charge in [0.05, 0.1) is 11.8 Å². The quantitative estimate of drug-likeness (QED) is 0.914. The van der Waals surface area contributed by atoms with Gasteiger partial charge in [-0.3, -0.25) is 14.4 Å². The van der Waals surface area contributed by atoms with Crippen molar-refractivity contribution in [1.82, 2.24) is 4.90 Å². The number of aliphatic carboxylic acids is 1. The summed E-state index contributed by atoms with van der Waals surface area (Å²) in [6, 6.07) is 7.34. The molecule has 2 aliphatic rings. The Hall–Kier alpha value is -2.37. The number of likely N-dealkylation sites (tertiary alicyclic amines) is 1. The van der Waals surface area contributed by atoms with Gasteiger partial charge in [-0.2, -0.15) is 0 Å². The zero-order chi connectivity index (χ0) is 17.4. The zero-order valence-corrected chi connectivity index (χ0v) is 13.9. The molecule has 0 aliphatic carbocycles. The number of aryl methyl sites for hydroxylation is 1. The standard InChI is InChI=1S/C18H22N2O4/c1-11-3-5-14(6-4-11)20-10-13(9-16(20)21)17(22)19-8-7-15(12(19)2)18(23)24/h3-6,12-13,15H,7-10H2,1-2H3,(H,23,24). The van der Waals surface area contributed by atoms with Gasteiger partial charge in [0.2, 0.25) is 11.8 Å². The largest absolute Gasteiger partial charge is 0.481 e. The Labute approximate surface area is 141 Å². The first-order valence-electron chi connectivity index (χ1n) is 8.29. The SMILES string of the molecule is Cc1ccc(N2CC(C(=O)N3CCC(C(=O)O)C3C)CC2=O)cc1. The molecule has 0 radical (unpaired) electrons. The minimum Gasteiger partial charge on any atom is -0.481 e. The third kappa shape index (κ3) is 2.88. The number of anilines is 1. The first kappa shape index (κ1) is 16.5.